The van der Waals surface area contributed by atoms with Crippen LogP contribution in [-0.2, 0) is 10.8 Å². The van der Waals surface area contributed by atoms with Crippen molar-refractivity contribution >= 4 is 10.8 Å². The Labute approximate surface area is 99.9 Å². The standard InChI is InChI=1S/C13H19NOS/c1-9-7-11-12(14-3)5-4-6-16(15)13(11)8-10(9)2/h7-8,12,14H,4-6H2,1-3H3. The second-order valence-electron chi connectivity index (χ2n) is 4.51. The van der Waals surface area contributed by atoms with Gasteiger partial charge in [0.1, 0.15) is 0 Å². The van der Waals surface area contributed by atoms with E-state index in [0.717, 1.165) is 23.5 Å². The van der Waals surface area contributed by atoms with Crippen LogP contribution in [0.2, 0.25) is 0 Å². The van der Waals surface area contributed by atoms with Crippen molar-refractivity contribution in [2.24, 2.45) is 0 Å². The molecule has 1 aliphatic heterocycles. The molecule has 0 amide bonds. The van der Waals surface area contributed by atoms with Gasteiger partial charge in [0.05, 0.1) is 10.8 Å². The van der Waals surface area contributed by atoms with E-state index in [2.05, 4.69) is 31.3 Å². The van der Waals surface area contributed by atoms with Gasteiger partial charge in [0.25, 0.3) is 0 Å². The molecule has 0 aromatic heterocycles. The summed E-state index contributed by atoms with van der Waals surface area (Å²) in [6.07, 6.45) is 2.11. The molecule has 1 aromatic rings. The van der Waals surface area contributed by atoms with E-state index in [0.29, 0.717) is 6.04 Å². The van der Waals surface area contributed by atoms with E-state index in [1.165, 1.54) is 16.7 Å². The molecule has 1 aromatic carbocycles. The van der Waals surface area contributed by atoms with Gasteiger partial charge in [-0.3, -0.25) is 4.21 Å². The Morgan fingerprint density at radius 1 is 1.31 bits per heavy atom. The summed E-state index contributed by atoms with van der Waals surface area (Å²) in [6, 6.07) is 4.67. The Hall–Kier alpha value is -0.670. The van der Waals surface area contributed by atoms with Gasteiger partial charge in [0, 0.05) is 16.7 Å². The molecule has 0 bridgehead atoms. The zero-order valence-electron chi connectivity index (χ0n) is 10.2. The fourth-order valence-corrected chi connectivity index (χ4v) is 3.69. The van der Waals surface area contributed by atoms with E-state index < -0.39 is 10.8 Å². The molecule has 1 aliphatic rings. The first-order valence-corrected chi connectivity index (χ1v) is 7.12. The number of hydrogen-bond donors (Lipinski definition) is 1. The van der Waals surface area contributed by atoms with Gasteiger partial charge in [0.2, 0.25) is 0 Å². The van der Waals surface area contributed by atoms with Crippen LogP contribution in [0.5, 0.6) is 0 Å². The van der Waals surface area contributed by atoms with Crippen molar-refractivity contribution in [1.29, 1.82) is 0 Å². The summed E-state index contributed by atoms with van der Waals surface area (Å²) in [4.78, 5) is 1.04. The predicted molar refractivity (Wildman–Crippen MR) is 68.2 cm³/mol. The lowest BCUT2D eigenvalue weighted by Crippen LogP contribution is -2.16. The van der Waals surface area contributed by atoms with Crippen LogP contribution in [0.25, 0.3) is 0 Å². The highest BCUT2D eigenvalue weighted by molar-refractivity contribution is 7.85. The van der Waals surface area contributed by atoms with Crippen LogP contribution in [0.4, 0.5) is 0 Å². The highest BCUT2D eigenvalue weighted by Crippen LogP contribution is 2.31. The third kappa shape index (κ3) is 2.06. The van der Waals surface area contributed by atoms with Crippen LogP contribution in [0.3, 0.4) is 0 Å². The van der Waals surface area contributed by atoms with Crippen LogP contribution in [0.15, 0.2) is 17.0 Å². The average molecular weight is 237 g/mol. The second-order valence-corrected chi connectivity index (χ2v) is 6.05. The lowest BCUT2D eigenvalue weighted by atomic mass is 9.98. The smallest absolute Gasteiger partial charge is 0.0533 e. The maximum Gasteiger partial charge on any atom is 0.0533 e. The summed E-state index contributed by atoms with van der Waals surface area (Å²) in [5.41, 5.74) is 3.77. The molecule has 0 saturated carbocycles. The highest BCUT2D eigenvalue weighted by Gasteiger charge is 2.22. The van der Waals surface area contributed by atoms with Crippen molar-refractivity contribution < 1.29 is 4.21 Å². The molecular weight excluding hydrogens is 218 g/mol. The molecular formula is C13H19NOS. The Bertz CT molecular complexity index is 428. The SMILES string of the molecule is CNC1CCCS(=O)c2cc(C)c(C)cc21. The highest BCUT2D eigenvalue weighted by atomic mass is 32.2. The number of fused-ring (bicyclic) bond motifs is 1. The summed E-state index contributed by atoms with van der Waals surface area (Å²) >= 11 is 0. The first-order valence-electron chi connectivity index (χ1n) is 5.80. The topological polar surface area (TPSA) is 29.1 Å². The summed E-state index contributed by atoms with van der Waals surface area (Å²) < 4.78 is 12.1. The number of rotatable bonds is 1. The molecule has 88 valence electrons. The number of hydrogen-bond acceptors (Lipinski definition) is 2. The largest absolute Gasteiger partial charge is 0.313 e. The molecule has 2 atom stereocenters. The van der Waals surface area contributed by atoms with E-state index in [4.69, 9.17) is 0 Å². The van der Waals surface area contributed by atoms with Gasteiger partial charge in [0.15, 0.2) is 0 Å². The molecule has 2 rings (SSSR count). The molecule has 1 heterocycles. The lowest BCUT2D eigenvalue weighted by molar-refractivity contribution is 0.540. The van der Waals surface area contributed by atoms with Crippen molar-refractivity contribution in [1.82, 2.24) is 5.32 Å². The number of aryl methyl sites for hydroxylation is 2. The molecule has 2 unspecified atom stereocenters. The molecule has 2 nitrogen and oxygen atoms in total. The molecule has 0 fully saturated rings. The molecule has 0 spiro atoms. The van der Waals surface area contributed by atoms with Gasteiger partial charge in [-0.25, -0.2) is 0 Å². The summed E-state index contributed by atoms with van der Waals surface area (Å²) in [7, 11) is 1.17. The van der Waals surface area contributed by atoms with Gasteiger partial charge in [-0.05, 0) is 56.5 Å². The van der Waals surface area contributed by atoms with Crippen LogP contribution >= 0.6 is 0 Å². The summed E-state index contributed by atoms with van der Waals surface area (Å²) in [6.45, 7) is 4.21. The minimum Gasteiger partial charge on any atom is -0.313 e. The van der Waals surface area contributed by atoms with Crippen molar-refractivity contribution in [3.8, 4) is 0 Å². The van der Waals surface area contributed by atoms with Gasteiger partial charge < -0.3 is 5.32 Å². The first kappa shape index (κ1) is 11.8. The fraction of sp³-hybridized carbons (Fsp3) is 0.538. The predicted octanol–water partition coefficient (Wildman–Crippen LogP) is 2.47. The average Bonchev–Trinajstić information content (AvgIpc) is 2.40. The van der Waals surface area contributed by atoms with Crippen LogP contribution in [0, 0.1) is 13.8 Å². The molecule has 1 N–H and O–H groups in total. The Morgan fingerprint density at radius 2 is 2.00 bits per heavy atom. The quantitative estimate of drug-likeness (QED) is 0.813. The van der Waals surface area contributed by atoms with Crippen molar-refractivity contribution in [3.63, 3.8) is 0 Å². The Balaban J connectivity index is 2.57. The lowest BCUT2D eigenvalue weighted by Gasteiger charge is -2.17. The second kappa shape index (κ2) is 4.68. The normalized spacial score (nSPS) is 24.9. The Kier molecular flexibility index (Phi) is 3.45. The minimum atomic E-state index is -0.813. The van der Waals surface area contributed by atoms with Crippen LogP contribution < -0.4 is 5.32 Å². The zero-order valence-corrected chi connectivity index (χ0v) is 11.0. The third-order valence-corrected chi connectivity index (χ3v) is 4.92. The maximum absolute atomic E-state index is 12.1. The van der Waals surface area contributed by atoms with E-state index >= 15 is 0 Å². The van der Waals surface area contributed by atoms with Crippen LogP contribution in [0.1, 0.15) is 35.6 Å². The monoisotopic (exact) mass is 237 g/mol. The van der Waals surface area contributed by atoms with E-state index in [-0.39, 0.29) is 0 Å². The minimum absolute atomic E-state index is 0.362. The maximum atomic E-state index is 12.1. The third-order valence-electron chi connectivity index (χ3n) is 3.42. The van der Waals surface area contributed by atoms with Crippen LogP contribution in [-0.4, -0.2) is 17.0 Å². The zero-order chi connectivity index (χ0) is 11.7. The summed E-state index contributed by atoms with van der Waals surface area (Å²) in [5.74, 6) is 0.799. The van der Waals surface area contributed by atoms with Gasteiger partial charge in [-0.1, -0.05) is 6.07 Å². The van der Waals surface area contributed by atoms with E-state index in [1.807, 2.05) is 7.05 Å². The number of nitrogens with one attached hydrogen (secondary N) is 1. The molecule has 0 aliphatic carbocycles. The van der Waals surface area contributed by atoms with Crippen molar-refractivity contribution in [2.75, 3.05) is 12.8 Å². The molecule has 0 saturated heterocycles. The van der Waals surface area contributed by atoms with E-state index in [9.17, 15) is 4.21 Å². The molecule has 0 radical (unpaired) electrons. The molecule has 3 heteroatoms. The number of benzene rings is 1. The molecule has 16 heavy (non-hydrogen) atoms. The summed E-state index contributed by atoms with van der Waals surface area (Å²) in [5, 5.41) is 3.33. The Morgan fingerprint density at radius 3 is 2.69 bits per heavy atom. The van der Waals surface area contributed by atoms with E-state index in [1.54, 1.807) is 0 Å². The fourth-order valence-electron chi connectivity index (χ4n) is 2.27. The van der Waals surface area contributed by atoms with Crippen molar-refractivity contribution in [2.45, 2.75) is 37.6 Å². The van der Waals surface area contributed by atoms with Crippen molar-refractivity contribution in [3.05, 3.63) is 28.8 Å². The first-order chi connectivity index (χ1) is 7.63. The van der Waals surface area contributed by atoms with Gasteiger partial charge in [-0.15, -0.1) is 0 Å². The van der Waals surface area contributed by atoms with Gasteiger partial charge >= 0.3 is 0 Å². The van der Waals surface area contributed by atoms with Gasteiger partial charge in [-0.2, -0.15) is 0 Å².